The van der Waals surface area contributed by atoms with E-state index in [1.165, 1.54) is 0 Å². The van der Waals surface area contributed by atoms with Gasteiger partial charge in [-0.25, -0.2) is 29.9 Å². The largest absolute Gasteiger partial charge is 0.225 e. The SMILES string of the molecule is F/C(=C(\F)c1ncncn1)c1ncncn1. The normalized spacial score (nSPS) is 12.1. The molecule has 0 fully saturated rings. The standard InChI is InChI=1S/C8H4F2N6/c9-5(7-13-1-11-2-14-7)6(10)8-15-3-12-4-16-8/h1-4H/b6-5-. The van der Waals surface area contributed by atoms with Crippen LogP contribution < -0.4 is 0 Å². The molecule has 0 aromatic carbocycles. The van der Waals surface area contributed by atoms with Crippen LogP contribution in [0, 0.1) is 0 Å². The minimum absolute atomic E-state index is 0.409. The van der Waals surface area contributed by atoms with E-state index in [4.69, 9.17) is 0 Å². The maximum absolute atomic E-state index is 13.5. The number of hydrogen-bond donors (Lipinski definition) is 0. The topological polar surface area (TPSA) is 77.3 Å². The second-order valence-electron chi connectivity index (χ2n) is 2.55. The van der Waals surface area contributed by atoms with Gasteiger partial charge in [0.25, 0.3) is 0 Å². The van der Waals surface area contributed by atoms with Gasteiger partial charge in [0.15, 0.2) is 11.6 Å². The Kier molecular flexibility index (Phi) is 2.81. The van der Waals surface area contributed by atoms with Gasteiger partial charge in [-0.05, 0) is 0 Å². The van der Waals surface area contributed by atoms with Crippen LogP contribution in [0.4, 0.5) is 8.78 Å². The molecule has 0 amide bonds. The van der Waals surface area contributed by atoms with E-state index in [-0.39, 0.29) is 0 Å². The first-order valence-corrected chi connectivity index (χ1v) is 4.09. The molecule has 80 valence electrons. The van der Waals surface area contributed by atoms with Crippen molar-refractivity contribution < 1.29 is 8.78 Å². The summed E-state index contributed by atoms with van der Waals surface area (Å²) in [5.74, 6) is -3.30. The molecule has 0 N–H and O–H groups in total. The van der Waals surface area contributed by atoms with Gasteiger partial charge in [-0.2, -0.15) is 8.78 Å². The molecule has 0 aliphatic rings. The first-order chi connectivity index (χ1) is 7.79. The summed E-state index contributed by atoms with van der Waals surface area (Å²) in [6.45, 7) is 0. The van der Waals surface area contributed by atoms with Crippen LogP contribution in [0.3, 0.4) is 0 Å². The minimum Gasteiger partial charge on any atom is -0.225 e. The Morgan fingerprint density at radius 1 is 0.688 bits per heavy atom. The monoisotopic (exact) mass is 222 g/mol. The highest BCUT2D eigenvalue weighted by molar-refractivity contribution is 5.77. The van der Waals surface area contributed by atoms with Crippen LogP contribution in [-0.4, -0.2) is 29.9 Å². The van der Waals surface area contributed by atoms with E-state index >= 15 is 0 Å². The summed E-state index contributed by atoms with van der Waals surface area (Å²) >= 11 is 0. The number of aromatic nitrogens is 6. The van der Waals surface area contributed by atoms with Gasteiger partial charge in [0.2, 0.25) is 11.7 Å². The van der Waals surface area contributed by atoms with Gasteiger partial charge in [-0.15, -0.1) is 0 Å². The van der Waals surface area contributed by atoms with Crippen LogP contribution in [0.25, 0.3) is 11.7 Å². The van der Waals surface area contributed by atoms with E-state index in [1.807, 2.05) is 0 Å². The van der Waals surface area contributed by atoms with Crippen molar-refractivity contribution in [3.05, 3.63) is 37.0 Å². The smallest absolute Gasteiger partial charge is 0.207 e. The molecule has 0 radical (unpaired) electrons. The van der Waals surface area contributed by atoms with Crippen molar-refractivity contribution in [1.82, 2.24) is 29.9 Å². The van der Waals surface area contributed by atoms with Gasteiger partial charge in [0, 0.05) is 0 Å². The fourth-order valence-electron chi connectivity index (χ4n) is 0.901. The molecule has 0 bridgehead atoms. The van der Waals surface area contributed by atoms with Gasteiger partial charge < -0.3 is 0 Å². The third-order valence-corrected chi connectivity index (χ3v) is 1.57. The molecule has 0 unspecified atom stereocenters. The van der Waals surface area contributed by atoms with Crippen LogP contribution in [0.2, 0.25) is 0 Å². The minimum atomic E-state index is -1.24. The lowest BCUT2D eigenvalue weighted by molar-refractivity contribution is 0.678. The predicted molar refractivity (Wildman–Crippen MR) is 48.7 cm³/mol. The molecule has 2 aromatic rings. The average Bonchev–Trinajstić information content (AvgIpc) is 2.39. The number of halogens is 2. The Labute approximate surface area is 88.2 Å². The van der Waals surface area contributed by atoms with Crippen molar-refractivity contribution in [3.63, 3.8) is 0 Å². The Bertz CT molecular complexity index is 453. The third kappa shape index (κ3) is 2.00. The van der Waals surface area contributed by atoms with Crippen LogP contribution in [0.5, 0.6) is 0 Å². The van der Waals surface area contributed by atoms with Crippen molar-refractivity contribution in [1.29, 1.82) is 0 Å². The Hall–Kier alpha value is -2.38. The molecule has 2 heterocycles. The molecule has 2 aromatic heterocycles. The molecule has 0 saturated heterocycles. The predicted octanol–water partition coefficient (Wildman–Crippen LogP) is 0.821. The highest BCUT2D eigenvalue weighted by Gasteiger charge is 2.15. The fraction of sp³-hybridized carbons (Fsp3) is 0. The first kappa shape index (κ1) is 10.1. The van der Waals surface area contributed by atoms with E-state index in [2.05, 4.69) is 29.9 Å². The second-order valence-corrected chi connectivity index (χ2v) is 2.55. The summed E-state index contributed by atoms with van der Waals surface area (Å²) in [5, 5.41) is 0. The van der Waals surface area contributed by atoms with Crippen LogP contribution >= 0.6 is 0 Å². The Balaban J connectivity index is 2.43. The lowest BCUT2D eigenvalue weighted by Crippen LogP contribution is -1.96. The van der Waals surface area contributed by atoms with E-state index in [9.17, 15) is 8.78 Å². The average molecular weight is 222 g/mol. The molecule has 0 aliphatic heterocycles. The highest BCUT2D eigenvalue weighted by atomic mass is 19.2. The number of hydrogen-bond acceptors (Lipinski definition) is 6. The van der Waals surface area contributed by atoms with Crippen LogP contribution in [-0.2, 0) is 0 Å². The molecular weight excluding hydrogens is 218 g/mol. The van der Waals surface area contributed by atoms with Gasteiger partial charge in [-0.3, -0.25) is 0 Å². The van der Waals surface area contributed by atoms with Crippen LogP contribution in [0.15, 0.2) is 25.3 Å². The molecule has 0 spiro atoms. The first-order valence-electron chi connectivity index (χ1n) is 4.09. The lowest BCUT2D eigenvalue weighted by atomic mass is 10.4. The summed E-state index contributed by atoms with van der Waals surface area (Å²) in [6.07, 6.45) is 4.23. The maximum atomic E-state index is 13.5. The van der Waals surface area contributed by atoms with Crippen molar-refractivity contribution >= 4 is 11.7 Å². The van der Waals surface area contributed by atoms with Crippen molar-refractivity contribution in [2.45, 2.75) is 0 Å². The third-order valence-electron chi connectivity index (χ3n) is 1.57. The molecule has 6 nitrogen and oxygen atoms in total. The van der Waals surface area contributed by atoms with E-state index in [0.717, 1.165) is 25.3 Å². The van der Waals surface area contributed by atoms with E-state index < -0.39 is 23.3 Å². The zero-order chi connectivity index (χ0) is 11.4. The van der Waals surface area contributed by atoms with E-state index in [1.54, 1.807) is 0 Å². The summed E-state index contributed by atoms with van der Waals surface area (Å²) in [4.78, 5) is 20.8. The molecule has 8 heteroatoms. The summed E-state index contributed by atoms with van der Waals surface area (Å²) in [6, 6.07) is 0. The highest BCUT2D eigenvalue weighted by Crippen LogP contribution is 2.22. The Morgan fingerprint density at radius 2 is 1.00 bits per heavy atom. The fourth-order valence-corrected chi connectivity index (χ4v) is 0.901. The number of rotatable bonds is 2. The van der Waals surface area contributed by atoms with Crippen LogP contribution in [0.1, 0.15) is 11.6 Å². The Morgan fingerprint density at radius 3 is 1.31 bits per heavy atom. The molecular formula is C8H4F2N6. The van der Waals surface area contributed by atoms with Crippen molar-refractivity contribution in [2.24, 2.45) is 0 Å². The zero-order valence-electron chi connectivity index (χ0n) is 7.75. The van der Waals surface area contributed by atoms with Crippen molar-refractivity contribution in [2.75, 3.05) is 0 Å². The molecule has 0 aliphatic carbocycles. The summed E-state index contributed by atoms with van der Waals surface area (Å²) < 4.78 is 26.9. The van der Waals surface area contributed by atoms with Gasteiger partial charge >= 0.3 is 0 Å². The van der Waals surface area contributed by atoms with E-state index in [0.29, 0.717) is 0 Å². The molecule has 16 heavy (non-hydrogen) atoms. The quantitative estimate of drug-likeness (QED) is 0.748. The second kappa shape index (κ2) is 4.43. The van der Waals surface area contributed by atoms with Gasteiger partial charge in [0.1, 0.15) is 25.3 Å². The van der Waals surface area contributed by atoms with Crippen molar-refractivity contribution in [3.8, 4) is 0 Å². The summed E-state index contributed by atoms with van der Waals surface area (Å²) in [7, 11) is 0. The number of nitrogens with zero attached hydrogens (tertiary/aromatic N) is 6. The summed E-state index contributed by atoms with van der Waals surface area (Å²) in [5.41, 5.74) is 0. The van der Waals surface area contributed by atoms with Gasteiger partial charge in [-0.1, -0.05) is 0 Å². The van der Waals surface area contributed by atoms with Gasteiger partial charge in [0.05, 0.1) is 0 Å². The molecule has 0 atom stereocenters. The zero-order valence-corrected chi connectivity index (χ0v) is 7.75. The molecule has 2 rings (SSSR count). The lowest BCUT2D eigenvalue weighted by Gasteiger charge is -1.97. The maximum Gasteiger partial charge on any atom is 0.207 e. The molecule has 0 saturated carbocycles.